The molecule has 0 radical (unpaired) electrons. The van der Waals surface area contributed by atoms with Crippen LogP contribution in [0.3, 0.4) is 0 Å². The number of nitrogens with one attached hydrogen (secondary N) is 1. The monoisotopic (exact) mass is 413 g/mol. The molecule has 2 rings (SSSR count). The van der Waals surface area contributed by atoms with Crippen molar-refractivity contribution in [1.82, 2.24) is 5.32 Å². The van der Waals surface area contributed by atoms with Gasteiger partial charge in [0.1, 0.15) is 5.76 Å². The number of primary amides is 1. The van der Waals surface area contributed by atoms with Gasteiger partial charge in [0.05, 0.1) is 25.2 Å². The Bertz CT molecular complexity index is 858. The van der Waals surface area contributed by atoms with Crippen LogP contribution in [0.25, 0.3) is 0 Å². The Morgan fingerprint density at radius 1 is 1.27 bits per heavy atom. The van der Waals surface area contributed by atoms with Crippen LogP contribution >= 0.6 is 0 Å². The second-order valence-corrected chi connectivity index (χ2v) is 7.33. The summed E-state index contributed by atoms with van der Waals surface area (Å²) in [4.78, 5) is 25.2. The molecule has 2 atom stereocenters. The van der Waals surface area contributed by atoms with E-state index in [-0.39, 0.29) is 11.8 Å². The number of benzene rings is 1. The summed E-state index contributed by atoms with van der Waals surface area (Å²) in [5.74, 6) is -1.10. The van der Waals surface area contributed by atoms with Gasteiger partial charge in [-0.25, -0.2) is 0 Å². The van der Waals surface area contributed by atoms with Gasteiger partial charge in [0.15, 0.2) is 0 Å². The Labute approximate surface area is 177 Å². The zero-order valence-corrected chi connectivity index (χ0v) is 17.9. The summed E-state index contributed by atoms with van der Waals surface area (Å²) < 4.78 is 5.59. The minimum absolute atomic E-state index is 0.265. The van der Waals surface area contributed by atoms with E-state index in [0.717, 1.165) is 24.8 Å². The van der Waals surface area contributed by atoms with Crippen LogP contribution in [-0.2, 0) is 9.53 Å². The number of hydrogen-bond acceptors (Lipinski definition) is 5. The quantitative estimate of drug-likeness (QED) is 0.309. The van der Waals surface area contributed by atoms with Crippen molar-refractivity contribution in [2.45, 2.75) is 44.9 Å². The van der Waals surface area contributed by atoms with E-state index in [1.807, 2.05) is 6.08 Å². The molecule has 0 aromatic heterocycles. The first-order valence-corrected chi connectivity index (χ1v) is 10.2. The Morgan fingerprint density at radius 2 is 2.00 bits per heavy atom. The average Bonchev–Trinajstić information content (AvgIpc) is 2.77. The molecule has 1 aromatic rings. The minimum Gasteiger partial charge on any atom is -0.500 e. The molecule has 7 nitrogen and oxygen atoms in total. The highest BCUT2D eigenvalue weighted by Gasteiger charge is 2.35. The zero-order chi connectivity index (χ0) is 22.1. The fourth-order valence-electron chi connectivity index (χ4n) is 3.99. The molecule has 2 unspecified atom stereocenters. The third-order valence-electron chi connectivity index (χ3n) is 5.49. The number of nitrogens with two attached hydrogens (primary N) is 1. The molecule has 0 bridgehead atoms. The molecule has 0 fully saturated rings. The first kappa shape index (κ1) is 23.2. The van der Waals surface area contributed by atoms with E-state index in [4.69, 9.17) is 15.7 Å². The molecule has 0 saturated heterocycles. The average molecular weight is 414 g/mol. The Balaban J connectivity index is 2.61. The van der Waals surface area contributed by atoms with Gasteiger partial charge in [0, 0.05) is 18.5 Å². The van der Waals surface area contributed by atoms with E-state index in [0.29, 0.717) is 35.4 Å². The number of carbonyl (C=O) groups is 2. The first-order valence-electron chi connectivity index (χ1n) is 10.2. The fourth-order valence-corrected chi connectivity index (χ4v) is 3.99. The molecule has 0 spiro atoms. The van der Waals surface area contributed by atoms with Crippen LogP contribution in [-0.4, -0.2) is 36.9 Å². The van der Waals surface area contributed by atoms with Gasteiger partial charge >= 0.3 is 0 Å². The van der Waals surface area contributed by atoms with E-state index in [1.54, 1.807) is 44.5 Å². The van der Waals surface area contributed by atoms with E-state index in [2.05, 4.69) is 17.4 Å². The number of allylic oxidation sites excluding steroid dienone is 4. The molecule has 30 heavy (non-hydrogen) atoms. The molecule has 4 N–H and O–H groups in total. The number of nitrogens with zero attached hydrogens (tertiary/aromatic N) is 1. The second kappa shape index (κ2) is 11.2. The summed E-state index contributed by atoms with van der Waals surface area (Å²) >= 11 is 0. The van der Waals surface area contributed by atoms with Gasteiger partial charge in [-0.1, -0.05) is 55.6 Å². The molecule has 162 valence electrons. The Morgan fingerprint density at radius 3 is 2.60 bits per heavy atom. The van der Waals surface area contributed by atoms with Crippen molar-refractivity contribution in [3.63, 3.8) is 0 Å². The largest absolute Gasteiger partial charge is 0.500 e. The maximum Gasteiger partial charge on any atom is 0.251 e. The topological polar surface area (TPSA) is 114 Å². The molecule has 1 aromatic carbocycles. The molecule has 1 aliphatic carbocycles. The maximum atomic E-state index is 12.7. The maximum absolute atomic E-state index is 12.7. The standard InChI is InChI=1S/C23H31N3O4/c1-4-5-6-9-17(16-13-12-15(26-29)14-20(16)30-3)21(22(24)27)18-10-7-8-11-19(18)23(28)25-2/h7-8,10-13,17,21,29H,4-6,9,14H2,1-3H3,(H2,24,27)(H,25,28). The second-order valence-electron chi connectivity index (χ2n) is 7.33. The van der Waals surface area contributed by atoms with Gasteiger partial charge in [0.25, 0.3) is 5.91 Å². The van der Waals surface area contributed by atoms with Crippen molar-refractivity contribution in [1.29, 1.82) is 0 Å². The van der Waals surface area contributed by atoms with Crippen molar-refractivity contribution in [3.8, 4) is 0 Å². The number of methoxy groups -OCH3 is 1. The molecule has 1 aliphatic rings. The highest BCUT2D eigenvalue weighted by atomic mass is 16.5. The summed E-state index contributed by atoms with van der Waals surface area (Å²) in [6, 6.07) is 7.06. The van der Waals surface area contributed by atoms with Gasteiger partial charge in [-0.15, -0.1) is 0 Å². The van der Waals surface area contributed by atoms with E-state index < -0.39 is 11.8 Å². The lowest BCUT2D eigenvalue weighted by molar-refractivity contribution is -0.120. The minimum atomic E-state index is -0.701. The molecule has 0 saturated carbocycles. The Kier molecular flexibility index (Phi) is 8.65. The van der Waals surface area contributed by atoms with Crippen LogP contribution in [0.5, 0.6) is 0 Å². The van der Waals surface area contributed by atoms with Gasteiger partial charge in [-0.2, -0.15) is 0 Å². The molecule has 2 amide bonds. The highest BCUT2D eigenvalue weighted by Crippen LogP contribution is 2.39. The lowest BCUT2D eigenvalue weighted by Gasteiger charge is -2.30. The normalized spacial score (nSPS) is 17.0. The number of carbonyl (C=O) groups excluding carboxylic acids is 2. The van der Waals surface area contributed by atoms with E-state index in [1.165, 1.54) is 0 Å². The highest BCUT2D eigenvalue weighted by molar-refractivity contribution is 5.99. The lowest BCUT2D eigenvalue weighted by Crippen LogP contribution is -2.32. The van der Waals surface area contributed by atoms with Gasteiger partial charge in [0.2, 0.25) is 5.91 Å². The van der Waals surface area contributed by atoms with Crippen molar-refractivity contribution in [2.24, 2.45) is 16.8 Å². The number of amides is 2. The third kappa shape index (κ3) is 5.28. The molecule has 0 heterocycles. The lowest BCUT2D eigenvalue weighted by atomic mass is 9.74. The number of ether oxygens (including phenoxy) is 1. The third-order valence-corrected chi connectivity index (χ3v) is 5.49. The molecule has 0 aliphatic heterocycles. The van der Waals surface area contributed by atoms with Crippen LogP contribution in [0, 0.1) is 5.92 Å². The number of hydrogen-bond donors (Lipinski definition) is 3. The van der Waals surface area contributed by atoms with Crippen molar-refractivity contribution in [3.05, 3.63) is 58.9 Å². The van der Waals surface area contributed by atoms with E-state index >= 15 is 0 Å². The summed E-state index contributed by atoms with van der Waals surface area (Å²) in [6.07, 6.45) is 7.54. The molecular formula is C23H31N3O4. The van der Waals surface area contributed by atoms with Crippen molar-refractivity contribution in [2.75, 3.05) is 14.2 Å². The van der Waals surface area contributed by atoms with Crippen LogP contribution in [0.15, 0.2) is 52.9 Å². The first-order chi connectivity index (χ1) is 14.5. The van der Waals surface area contributed by atoms with Gasteiger partial charge in [-0.05, 0) is 29.7 Å². The van der Waals surface area contributed by atoms with Crippen LogP contribution in [0.4, 0.5) is 0 Å². The number of rotatable bonds is 10. The smallest absolute Gasteiger partial charge is 0.251 e. The fraction of sp³-hybridized carbons (Fsp3) is 0.435. The van der Waals surface area contributed by atoms with Gasteiger partial charge < -0.3 is 21.0 Å². The predicted molar refractivity (Wildman–Crippen MR) is 116 cm³/mol. The molecule has 7 heteroatoms. The van der Waals surface area contributed by atoms with Crippen LogP contribution in [0.1, 0.15) is 60.9 Å². The zero-order valence-electron chi connectivity index (χ0n) is 17.9. The van der Waals surface area contributed by atoms with Crippen molar-refractivity contribution >= 4 is 17.5 Å². The predicted octanol–water partition coefficient (Wildman–Crippen LogP) is 3.50. The van der Waals surface area contributed by atoms with Crippen LogP contribution in [0.2, 0.25) is 0 Å². The number of oxime groups is 1. The van der Waals surface area contributed by atoms with Crippen molar-refractivity contribution < 1.29 is 19.5 Å². The summed E-state index contributed by atoms with van der Waals surface area (Å²) in [6.45, 7) is 2.12. The SMILES string of the molecule is CCCCCC(C1=C(OC)CC(=NO)C=C1)C(C(N)=O)c1ccccc1C(=O)NC. The summed E-state index contributed by atoms with van der Waals surface area (Å²) in [5.41, 5.74) is 8.26. The Hall–Kier alpha value is -3.09. The summed E-state index contributed by atoms with van der Waals surface area (Å²) in [5, 5.41) is 15.0. The summed E-state index contributed by atoms with van der Waals surface area (Å²) in [7, 11) is 3.12. The number of unbranched alkanes of at least 4 members (excludes halogenated alkanes) is 2. The van der Waals surface area contributed by atoms with Gasteiger partial charge in [-0.3, -0.25) is 9.59 Å². The van der Waals surface area contributed by atoms with E-state index in [9.17, 15) is 9.59 Å². The van der Waals surface area contributed by atoms with Crippen LogP contribution < -0.4 is 11.1 Å². The molecular weight excluding hydrogens is 382 g/mol.